The number of halogens is 1. The van der Waals surface area contributed by atoms with Crippen molar-refractivity contribution in [1.82, 2.24) is 19.3 Å². The molecule has 1 aliphatic rings. The molecular weight excluding hydrogens is 396 g/mol. The number of thiophene rings is 1. The second-order valence-corrected chi connectivity index (χ2v) is 11.3. The molecule has 0 aliphatic carbocycles. The second kappa shape index (κ2) is 7.20. The third-order valence-electron chi connectivity index (χ3n) is 4.43. The molecule has 0 spiro atoms. The van der Waals surface area contributed by atoms with Gasteiger partial charge in [-0.3, -0.25) is 4.90 Å². The summed E-state index contributed by atoms with van der Waals surface area (Å²) in [6.07, 6.45) is 0. The summed E-state index contributed by atoms with van der Waals surface area (Å²) in [6.45, 7) is 10.2. The monoisotopic (exact) mass is 418 g/mol. The molecule has 7 nitrogen and oxygen atoms in total. The van der Waals surface area contributed by atoms with Gasteiger partial charge in [0.15, 0.2) is 5.82 Å². The quantitative estimate of drug-likeness (QED) is 0.758. The van der Waals surface area contributed by atoms with Crippen molar-refractivity contribution in [2.75, 3.05) is 26.2 Å². The van der Waals surface area contributed by atoms with E-state index < -0.39 is 10.0 Å². The van der Waals surface area contributed by atoms with Crippen LogP contribution in [-0.2, 0) is 15.4 Å². The number of hydrogen-bond acceptors (Lipinski definition) is 7. The molecule has 0 aromatic carbocycles. The zero-order valence-electron chi connectivity index (χ0n) is 15.3. The van der Waals surface area contributed by atoms with Crippen LogP contribution in [0.3, 0.4) is 0 Å². The summed E-state index contributed by atoms with van der Waals surface area (Å²) in [5, 5.41) is 4.07. The average molecular weight is 419 g/mol. The molecule has 2 aromatic heterocycles. The minimum Gasteiger partial charge on any atom is -0.338 e. The van der Waals surface area contributed by atoms with E-state index in [1.165, 1.54) is 4.31 Å². The van der Waals surface area contributed by atoms with Crippen LogP contribution in [0.1, 0.15) is 45.5 Å². The number of sulfonamides is 1. The van der Waals surface area contributed by atoms with E-state index in [0.29, 0.717) is 42.2 Å². The Balaban J connectivity index is 1.65. The zero-order valence-corrected chi connectivity index (χ0v) is 17.7. The third kappa shape index (κ3) is 3.96. The molecule has 0 amide bonds. The van der Waals surface area contributed by atoms with Crippen LogP contribution in [0, 0.1) is 0 Å². The second-order valence-electron chi connectivity index (χ2n) is 7.38. The highest BCUT2D eigenvalue weighted by Gasteiger charge is 2.33. The summed E-state index contributed by atoms with van der Waals surface area (Å²) < 4.78 is 33.1. The van der Waals surface area contributed by atoms with Crippen LogP contribution in [-0.4, -0.2) is 53.9 Å². The van der Waals surface area contributed by atoms with Gasteiger partial charge in [-0.15, -0.1) is 11.3 Å². The third-order valence-corrected chi connectivity index (χ3v) is 8.03. The van der Waals surface area contributed by atoms with Crippen molar-refractivity contribution in [3.63, 3.8) is 0 Å². The SMILES string of the molecule is C[C@H](c1nc(C(C)(C)C)no1)N1CCN(S(=O)(=O)c2ccc(Cl)s2)CC1. The van der Waals surface area contributed by atoms with Gasteiger partial charge in [-0.25, -0.2) is 8.42 Å². The van der Waals surface area contributed by atoms with Crippen LogP contribution in [0.4, 0.5) is 0 Å². The largest absolute Gasteiger partial charge is 0.338 e. The molecule has 10 heteroatoms. The minimum absolute atomic E-state index is 0.0559. The predicted octanol–water partition coefficient (Wildman–Crippen LogP) is 3.15. The fraction of sp³-hybridized carbons (Fsp3) is 0.625. The Morgan fingerprint density at radius 2 is 1.88 bits per heavy atom. The fourth-order valence-electron chi connectivity index (χ4n) is 2.76. The molecule has 3 rings (SSSR count). The summed E-state index contributed by atoms with van der Waals surface area (Å²) in [7, 11) is -3.48. The van der Waals surface area contributed by atoms with E-state index in [-0.39, 0.29) is 15.7 Å². The van der Waals surface area contributed by atoms with Gasteiger partial charge in [-0.2, -0.15) is 9.29 Å². The Morgan fingerprint density at radius 3 is 2.38 bits per heavy atom. The highest BCUT2D eigenvalue weighted by molar-refractivity contribution is 7.91. The van der Waals surface area contributed by atoms with Crippen LogP contribution < -0.4 is 0 Å². The standard InChI is InChI=1S/C16H23ClN4O3S2/c1-11(14-18-15(19-24-14)16(2,3)4)20-7-9-21(10-8-20)26(22,23)13-6-5-12(17)25-13/h5-6,11H,7-10H2,1-4H3/t11-/m1/s1. The van der Waals surface area contributed by atoms with Gasteiger partial charge in [0.1, 0.15) is 4.21 Å². The van der Waals surface area contributed by atoms with Gasteiger partial charge in [-0.1, -0.05) is 37.5 Å². The van der Waals surface area contributed by atoms with Crippen LogP contribution in [0.25, 0.3) is 0 Å². The molecular formula is C16H23ClN4O3S2. The van der Waals surface area contributed by atoms with Crippen molar-refractivity contribution in [2.45, 2.75) is 43.4 Å². The lowest BCUT2D eigenvalue weighted by molar-refractivity contribution is 0.124. The molecule has 0 N–H and O–H groups in total. The molecule has 0 radical (unpaired) electrons. The minimum atomic E-state index is -3.48. The van der Waals surface area contributed by atoms with Crippen molar-refractivity contribution in [2.24, 2.45) is 0 Å². The first-order chi connectivity index (χ1) is 12.1. The van der Waals surface area contributed by atoms with E-state index in [9.17, 15) is 8.42 Å². The molecule has 2 aromatic rings. The van der Waals surface area contributed by atoms with Crippen LogP contribution >= 0.6 is 22.9 Å². The average Bonchev–Trinajstić information content (AvgIpc) is 3.23. The van der Waals surface area contributed by atoms with Crippen molar-refractivity contribution in [3.8, 4) is 0 Å². The van der Waals surface area contributed by atoms with Gasteiger partial charge in [0, 0.05) is 31.6 Å². The molecule has 0 saturated carbocycles. The first-order valence-corrected chi connectivity index (χ1v) is 11.1. The first kappa shape index (κ1) is 19.8. The number of hydrogen-bond donors (Lipinski definition) is 0. The molecule has 1 aliphatic heterocycles. The van der Waals surface area contributed by atoms with Gasteiger partial charge >= 0.3 is 0 Å². The smallest absolute Gasteiger partial charge is 0.252 e. The predicted molar refractivity (Wildman–Crippen MR) is 101 cm³/mol. The highest BCUT2D eigenvalue weighted by atomic mass is 35.5. The normalized spacial score (nSPS) is 19.0. The Hall–Kier alpha value is -1.000. The van der Waals surface area contributed by atoms with E-state index in [1.54, 1.807) is 12.1 Å². The number of rotatable bonds is 4. The molecule has 26 heavy (non-hydrogen) atoms. The van der Waals surface area contributed by atoms with E-state index >= 15 is 0 Å². The van der Waals surface area contributed by atoms with Crippen molar-refractivity contribution in [3.05, 3.63) is 28.2 Å². The van der Waals surface area contributed by atoms with Crippen molar-refractivity contribution < 1.29 is 12.9 Å². The maximum Gasteiger partial charge on any atom is 0.252 e. The molecule has 1 atom stereocenters. The van der Waals surface area contributed by atoms with Crippen LogP contribution in [0.5, 0.6) is 0 Å². The van der Waals surface area contributed by atoms with Crippen LogP contribution in [0.15, 0.2) is 20.9 Å². The molecule has 0 bridgehead atoms. The first-order valence-electron chi connectivity index (χ1n) is 8.42. The summed E-state index contributed by atoms with van der Waals surface area (Å²) in [5.41, 5.74) is -0.170. The summed E-state index contributed by atoms with van der Waals surface area (Å²) >= 11 is 6.96. The topological polar surface area (TPSA) is 79.5 Å². The Labute approximate surface area is 163 Å². The zero-order chi connectivity index (χ0) is 19.1. The van der Waals surface area contributed by atoms with Gasteiger partial charge in [0.25, 0.3) is 10.0 Å². The maximum absolute atomic E-state index is 12.7. The molecule has 1 saturated heterocycles. The summed E-state index contributed by atoms with van der Waals surface area (Å²) in [6, 6.07) is 3.11. The van der Waals surface area contributed by atoms with E-state index in [0.717, 1.165) is 11.3 Å². The molecule has 1 fully saturated rings. The van der Waals surface area contributed by atoms with Gasteiger partial charge in [-0.05, 0) is 19.1 Å². The Bertz CT molecular complexity index is 864. The van der Waals surface area contributed by atoms with Gasteiger partial charge in [0.05, 0.1) is 10.4 Å². The molecule has 144 valence electrons. The summed E-state index contributed by atoms with van der Waals surface area (Å²) in [5.74, 6) is 1.24. The number of aromatic nitrogens is 2. The summed E-state index contributed by atoms with van der Waals surface area (Å²) in [4.78, 5) is 6.67. The van der Waals surface area contributed by atoms with Gasteiger partial charge in [0.2, 0.25) is 5.89 Å². The highest BCUT2D eigenvalue weighted by Crippen LogP contribution is 2.30. The lowest BCUT2D eigenvalue weighted by atomic mass is 9.96. The van der Waals surface area contributed by atoms with Crippen molar-refractivity contribution in [1.29, 1.82) is 0 Å². The Kier molecular flexibility index (Phi) is 5.47. The number of piperazine rings is 1. The van der Waals surface area contributed by atoms with E-state index in [2.05, 4.69) is 15.0 Å². The molecule has 0 unspecified atom stereocenters. The lowest BCUT2D eigenvalue weighted by Crippen LogP contribution is -2.49. The van der Waals surface area contributed by atoms with E-state index in [1.807, 2.05) is 27.7 Å². The maximum atomic E-state index is 12.7. The number of nitrogens with zero attached hydrogens (tertiary/aromatic N) is 4. The lowest BCUT2D eigenvalue weighted by Gasteiger charge is -2.35. The van der Waals surface area contributed by atoms with E-state index in [4.69, 9.17) is 16.1 Å². The fourth-order valence-corrected chi connectivity index (χ4v) is 5.82. The molecule has 3 heterocycles. The Morgan fingerprint density at radius 1 is 1.23 bits per heavy atom. The van der Waals surface area contributed by atoms with Crippen molar-refractivity contribution >= 4 is 33.0 Å². The van der Waals surface area contributed by atoms with Crippen LogP contribution in [0.2, 0.25) is 4.34 Å². The van der Waals surface area contributed by atoms with Gasteiger partial charge < -0.3 is 4.52 Å².